The summed E-state index contributed by atoms with van der Waals surface area (Å²) in [6.07, 6.45) is 0. The van der Waals surface area contributed by atoms with E-state index in [1.807, 2.05) is 18.2 Å². The van der Waals surface area contributed by atoms with E-state index in [9.17, 15) is 4.79 Å². The SMILES string of the molecule is O=C1CSc2ccc(C3(Cl)COC3)cc2N1. The number of nitrogens with one attached hydrogen (secondary N) is 1. The molecule has 3 rings (SSSR count). The average molecular weight is 256 g/mol. The van der Waals surface area contributed by atoms with Gasteiger partial charge in [0, 0.05) is 4.90 Å². The van der Waals surface area contributed by atoms with Crippen LogP contribution in [0.2, 0.25) is 0 Å². The van der Waals surface area contributed by atoms with Gasteiger partial charge in [0.2, 0.25) is 5.91 Å². The fourth-order valence-electron chi connectivity index (χ4n) is 1.81. The first-order valence-corrected chi connectivity index (χ1v) is 6.38. The van der Waals surface area contributed by atoms with Crippen LogP contribution in [-0.2, 0) is 14.4 Å². The number of fused-ring (bicyclic) bond motifs is 1. The van der Waals surface area contributed by atoms with E-state index in [-0.39, 0.29) is 5.91 Å². The Morgan fingerprint density at radius 1 is 1.44 bits per heavy atom. The zero-order chi connectivity index (χ0) is 11.2. The van der Waals surface area contributed by atoms with Crippen LogP contribution in [0, 0.1) is 0 Å². The summed E-state index contributed by atoms with van der Waals surface area (Å²) >= 11 is 7.92. The van der Waals surface area contributed by atoms with Gasteiger partial charge in [-0.05, 0) is 17.7 Å². The Morgan fingerprint density at radius 3 is 2.94 bits per heavy atom. The van der Waals surface area contributed by atoms with Crippen LogP contribution in [0.25, 0.3) is 0 Å². The van der Waals surface area contributed by atoms with Gasteiger partial charge in [0.25, 0.3) is 0 Å². The van der Waals surface area contributed by atoms with Gasteiger partial charge < -0.3 is 10.1 Å². The molecule has 84 valence electrons. The number of carbonyl (C=O) groups excluding carboxylic acids is 1. The van der Waals surface area contributed by atoms with E-state index >= 15 is 0 Å². The molecule has 5 heteroatoms. The molecule has 16 heavy (non-hydrogen) atoms. The van der Waals surface area contributed by atoms with Crippen molar-refractivity contribution in [1.29, 1.82) is 0 Å². The minimum Gasteiger partial charge on any atom is -0.377 e. The van der Waals surface area contributed by atoms with Crippen molar-refractivity contribution in [2.75, 3.05) is 24.3 Å². The highest BCUT2D eigenvalue weighted by atomic mass is 35.5. The second kappa shape index (κ2) is 3.65. The molecule has 2 aliphatic heterocycles. The Kier molecular flexibility index (Phi) is 2.38. The molecule has 0 spiro atoms. The van der Waals surface area contributed by atoms with Crippen molar-refractivity contribution in [3.63, 3.8) is 0 Å². The van der Waals surface area contributed by atoms with Crippen molar-refractivity contribution in [2.45, 2.75) is 9.77 Å². The Morgan fingerprint density at radius 2 is 2.25 bits per heavy atom. The number of hydrogen-bond acceptors (Lipinski definition) is 3. The summed E-state index contributed by atoms with van der Waals surface area (Å²) < 4.78 is 5.13. The van der Waals surface area contributed by atoms with Gasteiger partial charge in [-0.1, -0.05) is 6.07 Å². The lowest BCUT2D eigenvalue weighted by Gasteiger charge is -2.36. The van der Waals surface area contributed by atoms with E-state index in [4.69, 9.17) is 16.3 Å². The molecular weight excluding hydrogens is 246 g/mol. The van der Waals surface area contributed by atoms with Crippen molar-refractivity contribution in [2.24, 2.45) is 0 Å². The second-order valence-corrected chi connectivity index (χ2v) is 5.75. The van der Waals surface area contributed by atoms with Crippen molar-refractivity contribution in [1.82, 2.24) is 0 Å². The minimum absolute atomic E-state index is 0.0446. The summed E-state index contributed by atoms with van der Waals surface area (Å²) in [5.41, 5.74) is 1.88. The third-order valence-electron chi connectivity index (χ3n) is 2.79. The molecule has 0 radical (unpaired) electrons. The van der Waals surface area contributed by atoms with Crippen LogP contribution in [0.15, 0.2) is 23.1 Å². The number of alkyl halides is 1. The summed E-state index contributed by atoms with van der Waals surface area (Å²) in [6.45, 7) is 1.07. The summed E-state index contributed by atoms with van der Waals surface area (Å²) in [7, 11) is 0. The standard InChI is InChI=1S/C11H10ClNO2S/c12-11(5-15-6-11)7-1-2-9-8(3-7)13-10(14)4-16-9/h1-3H,4-6H2,(H,13,14). The second-order valence-electron chi connectivity index (χ2n) is 4.01. The molecule has 1 N–H and O–H groups in total. The number of anilines is 1. The minimum atomic E-state index is -0.401. The van der Waals surface area contributed by atoms with Crippen molar-refractivity contribution >= 4 is 35.0 Å². The van der Waals surface area contributed by atoms with Crippen LogP contribution in [0.5, 0.6) is 0 Å². The van der Waals surface area contributed by atoms with E-state index in [0.29, 0.717) is 19.0 Å². The number of thioether (sulfide) groups is 1. The number of halogens is 1. The van der Waals surface area contributed by atoms with Crippen molar-refractivity contribution in [3.05, 3.63) is 23.8 Å². The van der Waals surface area contributed by atoms with E-state index in [1.54, 1.807) is 11.8 Å². The first kappa shape index (κ1) is 10.4. The molecule has 2 aliphatic rings. The lowest BCUT2D eigenvalue weighted by atomic mass is 9.96. The molecule has 0 unspecified atom stereocenters. The fraction of sp³-hybridized carbons (Fsp3) is 0.364. The van der Waals surface area contributed by atoms with Gasteiger partial charge in [-0.15, -0.1) is 23.4 Å². The van der Waals surface area contributed by atoms with E-state index in [2.05, 4.69) is 5.32 Å². The Bertz CT molecular complexity index is 459. The number of carbonyl (C=O) groups is 1. The van der Waals surface area contributed by atoms with E-state index in [0.717, 1.165) is 16.1 Å². The maximum absolute atomic E-state index is 11.3. The van der Waals surface area contributed by atoms with Crippen LogP contribution in [0.3, 0.4) is 0 Å². The molecule has 1 aromatic rings. The average Bonchev–Trinajstić information content (AvgIpc) is 2.25. The summed E-state index contributed by atoms with van der Waals surface area (Å²) in [5, 5.41) is 2.86. The number of hydrogen-bond donors (Lipinski definition) is 1. The Hall–Kier alpha value is -0.710. The van der Waals surface area contributed by atoms with Gasteiger partial charge in [-0.3, -0.25) is 4.79 Å². The van der Waals surface area contributed by atoms with Crippen molar-refractivity contribution in [3.8, 4) is 0 Å². The zero-order valence-electron chi connectivity index (χ0n) is 8.46. The predicted octanol–water partition coefficient (Wildman–Crippen LogP) is 2.20. The zero-order valence-corrected chi connectivity index (χ0v) is 10.0. The maximum atomic E-state index is 11.3. The molecule has 1 amide bonds. The summed E-state index contributed by atoms with van der Waals surface area (Å²) in [5.74, 6) is 0.532. The fourth-order valence-corrected chi connectivity index (χ4v) is 2.87. The topological polar surface area (TPSA) is 38.3 Å². The smallest absolute Gasteiger partial charge is 0.234 e. The van der Waals surface area contributed by atoms with Gasteiger partial charge in [0.15, 0.2) is 0 Å². The van der Waals surface area contributed by atoms with Crippen LogP contribution < -0.4 is 5.32 Å². The molecule has 0 aliphatic carbocycles. The van der Waals surface area contributed by atoms with Gasteiger partial charge in [-0.2, -0.15) is 0 Å². The Labute approximate surface area is 102 Å². The van der Waals surface area contributed by atoms with Gasteiger partial charge >= 0.3 is 0 Å². The van der Waals surface area contributed by atoms with Gasteiger partial charge in [0.1, 0.15) is 4.87 Å². The molecular formula is C11H10ClNO2S. The highest BCUT2D eigenvalue weighted by Crippen LogP contribution is 2.40. The first-order chi connectivity index (χ1) is 7.67. The normalized spacial score (nSPS) is 21.9. The number of amides is 1. The molecule has 3 nitrogen and oxygen atoms in total. The third-order valence-corrected chi connectivity index (χ3v) is 4.30. The summed E-state index contributed by atoms with van der Waals surface area (Å²) in [6, 6.07) is 5.98. The molecule has 1 aromatic carbocycles. The van der Waals surface area contributed by atoms with Crippen LogP contribution >= 0.6 is 23.4 Å². The van der Waals surface area contributed by atoms with E-state index in [1.165, 1.54) is 0 Å². The van der Waals surface area contributed by atoms with Crippen molar-refractivity contribution < 1.29 is 9.53 Å². The van der Waals surface area contributed by atoms with E-state index < -0.39 is 4.87 Å². The predicted molar refractivity (Wildman–Crippen MR) is 64.1 cm³/mol. The Balaban J connectivity index is 1.98. The number of benzene rings is 1. The molecule has 0 aromatic heterocycles. The number of ether oxygens (including phenoxy) is 1. The molecule has 0 bridgehead atoms. The lowest BCUT2D eigenvalue weighted by molar-refractivity contribution is -0.113. The maximum Gasteiger partial charge on any atom is 0.234 e. The highest BCUT2D eigenvalue weighted by Gasteiger charge is 2.38. The highest BCUT2D eigenvalue weighted by molar-refractivity contribution is 8.00. The number of rotatable bonds is 1. The van der Waals surface area contributed by atoms with Crippen LogP contribution in [0.1, 0.15) is 5.56 Å². The lowest BCUT2D eigenvalue weighted by Crippen LogP contribution is -2.41. The molecule has 0 saturated carbocycles. The van der Waals surface area contributed by atoms with Gasteiger partial charge in [0.05, 0.1) is 24.7 Å². The largest absolute Gasteiger partial charge is 0.377 e. The molecule has 2 heterocycles. The third kappa shape index (κ3) is 1.61. The quantitative estimate of drug-likeness (QED) is 0.782. The first-order valence-electron chi connectivity index (χ1n) is 5.01. The van der Waals surface area contributed by atoms with Crippen LogP contribution in [-0.4, -0.2) is 24.9 Å². The molecule has 1 fully saturated rings. The van der Waals surface area contributed by atoms with Crippen LogP contribution in [0.4, 0.5) is 5.69 Å². The summed E-state index contributed by atoms with van der Waals surface area (Å²) in [4.78, 5) is 12.0. The molecule has 0 atom stereocenters. The molecule has 1 saturated heterocycles. The monoisotopic (exact) mass is 255 g/mol. The van der Waals surface area contributed by atoms with Gasteiger partial charge in [-0.25, -0.2) is 0 Å².